The Balaban J connectivity index is 3.09. The van der Waals surface area contributed by atoms with E-state index in [0.717, 1.165) is 11.6 Å². The van der Waals surface area contributed by atoms with Crippen LogP contribution in [0.2, 0.25) is 0 Å². The van der Waals surface area contributed by atoms with Crippen LogP contribution < -0.4 is 5.73 Å². The average molecular weight is 226 g/mol. The van der Waals surface area contributed by atoms with Gasteiger partial charge in [-0.2, -0.15) is 8.42 Å². The highest BCUT2D eigenvalue weighted by Crippen LogP contribution is 2.22. The normalized spacial score (nSPS) is 13.5. The van der Waals surface area contributed by atoms with Crippen molar-refractivity contribution in [1.82, 2.24) is 0 Å². The van der Waals surface area contributed by atoms with E-state index in [9.17, 15) is 13.0 Å². The van der Waals surface area contributed by atoms with E-state index >= 15 is 0 Å². The molecule has 4 nitrogen and oxygen atoms in total. The molecule has 0 aliphatic heterocycles. The topological polar surface area (TPSA) is 80.1 Å². The second-order valence-electron chi connectivity index (χ2n) is 3.09. The largest absolute Gasteiger partial charge is 0.326 e. The summed E-state index contributed by atoms with van der Waals surface area (Å²) in [5.41, 5.74) is 6.69. The van der Waals surface area contributed by atoms with Crippen molar-refractivity contribution in [2.75, 3.05) is 0 Å². The molecule has 1 aromatic carbocycles. The van der Waals surface area contributed by atoms with Gasteiger partial charge in [0.2, 0.25) is 0 Å². The predicted octanol–water partition coefficient (Wildman–Crippen LogP) is 1.13. The molecule has 1 aromatic rings. The van der Waals surface area contributed by atoms with Crippen molar-refractivity contribution < 1.29 is 13.0 Å². The Bertz CT molecular complexity index is 436. The second-order valence-corrected chi connectivity index (χ2v) is 4.59. The molecule has 2 N–H and O–H groups in total. The van der Waals surface area contributed by atoms with Crippen LogP contribution in [0.5, 0.6) is 0 Å². The van der Waals surface area contributed by atoms with Crippen molar-refractivity contribution >= 4 is 10.1 Å². The summed E-state index contributed by atoms with van der Waals surface area (Å²) in [5, 5.41) is -1.19. The van der Waals surface area contributed by atoms with E-state index in [1.807, 2.05) is 0 Å². The minimum atomic E-state index is -4.39. The van der Waals surface area contributed by atoms with E-state index in [1.54, 1.807) is 24.3 Å². The molecule has 0 aliphatic rings. The van der Waals surface area contributed by atoms with E-state index in [2.05, 4.69) is 6.58 Å². The molecule has 0 aromatic heterocycles. The number of hydrogen-bond donors (Lipinski definition) is 1. The van der Waals surface area contributed by atoms with Crippen LogP contribution >= 0.6 is 0 Å². The maximum atomic E-state index is 10.9. The van der Waals surface area contributed by atoms with Gasteiger partial charge in [-0.05, 0) is 11.1 Å². The van der Waals surface area contributed by atoms with Gasteiger partial charge in [0.25, 0.3) is 0 Å². The van der Waals surface area contributed by atoms with E-state index in [4.69, 9.17) is 5.73 Å². The summed E-state index contributed by atoms with van der Waals surface area (Å²) < 4.78 is 32.6. The third-order valence-electron chi connectivity index (χ3n) is 2.07. The molecule has 0 heterocycles. The zero-order valence-corrected chi connectivity index (χ0v) is 8.91. The van der Waals surface area contributed by atoms with Crippen molar-refractivity contribution in [3.05, 3.63) is 48.0 Å². The Morgan fingerprint density at radius 2 is 1.87 bits per heavy atom. The molecule has 0 saturated heterocycles. The minimum Gasteiger partial charge on any atom is -0.326 e. The van der Waals surface area contributed by atoms with Crippen molar-refractivity contribution in [2.24, 2.45) is 5.73 Å². The summed E-state index contributed by atoms with van der Waals surface area (Å²) in [6, 6.07) is 6.53. The fourth-order valence-corrected chi connectivity index (χ4v) is 1.99. The standard InChI is InChI=1S/C10H12NO3S/c1-2-10(15(12,13)14)9-5-3-8(7-11)4-6-9/h2-6,10H,1,7,11H2. The van der Waals surface area contributed by atoms with E-state index in [0.29, 0.717) is 12.1 Å². The van der Waals surface area contributed by atoms with Crippen molar-refractivity contribution in [3.8, 4) is 0 Å². The van der Waals surface area contributed by atoms with Crippen LogP contribution in [0.1, 0.15) is 16.4 Å². The zero-order valence-electron chi connectivity index (χ0n) is 8.09. The fraction of sp³-hybridized carbons (Fsp3) is 0.200. The molecule has 15 heavy (non-hydrogen) atoms. The highest BCUT2D eigenvalue weighted by Gasteiger charge is 2.22. The lowest BCUT2D eigenvalue weighted by Crippen LogP contribution is -2.08. The third-order valence-corrected chi connectivity index (χ3v) is 3.16. The molecule has 1 radical (unpaired) electrons. The van der Waals surface area contributed by atoms with Crippen molar-refractivity contribution in [1.29, 1.82) is 0 Å². The van der Waals surface area contributed by atoms with E-state index < -0.39 is 15.4 Å². The molecule has 0 bridgehead atoms. The van der Waals surface area contributed by atoms with Crippen LogP contribution in [0.25, 0.3) is 0 Å². The maximum Gasteiger partial charge on any atom is 0.305 e. The van der Waals surface area contributed by atoms with Gasteiger partial charge in [0.05, 0.1) is 0 Å². The lowest BCUT2D eigenvalue weighted by Gasteiger charge is -2.08. The molecular formula is C10H12NO3S. The quantitative estimate of drug-likeness (QED) is 0.781. The molecule has 0 amide bonds. The van der Waals surface area contributed by atoms with Crippen LogP contribution in [0.3, 0.4) is 0 Å². The molecule has 0 saturated carbocycles. The summed E-state index contributed by atoms with van der Waals surface area (Å²) >= 11 is 0. The van der Waals surface area contributed by atoms with Crippen LogP contribution in [0.15, 0.2) is 36.9 Å². The number of hydrogen-bond acceptors (Lipinski definition) is 3. The Morgan fingerprint density at radius 3 is 2.20 bits per heavy atom. The Hall–Kier alpha value is -1.17. The molecule has 0 spiro atoms. The molecule has 5 heteroatoms. The smallest absolute Gasteiger partial charge is 0.305 e. The third kappa shape index (κ3) is 2.89. The second kappa shape index (κ2) is 4.57. The van der Waals surface area contributed by atoms with Crippen LogP contribution in [-0.4, -0.2) is 8.42 Å². The first kappa shape index (κ1) is 11.9. The first-order valence-electron chi connectivity index (χ1n) is 4.35. The monoisotopic (exact) mass is 226 g/mol. The predicted molar refractivity (Wildman–Crippen MR) is 56.9 cm³/mol. The highest BCUT2D eigenvalue weighted by atomic mass is 32.2. The van der Waals surface area contributed by atoms with Gasteiger partial charge in [-0.25, -0.2) is 0 Å². The zero-order chi connectivity index (χ0) is 11.5. The van der Waals surface area contributed by atoms with Crippen LogP contribution in [-0.2, 0) is 21.2 Å². The molecule has 0 fully saturated rings. The van der Waals surface area contributed by atoms with E-state index in [-0.39, 0.29) is 0 Å². The van der Waals surface area contributed by atoms with Gasteiger partial charge in [0, 0.05) is 6.54 Å². The van der Waals surface area contributed by atoms with Gasteiger partial charge in [-0.15, -0.1) is 6.58 Å². The molecule has 1 unspecified atom stereocenters. The number of benzene rings is 1. The summed E-state index contributed by atoms with van der Waals surface area (Å²) in [7, 11) is -4.39. The Labute approximate surface area is 89.2 Å². The van der Waals surface area contributed by atoms with E-state index in [1.165, 1.54) is 0 Å². The van der Waals surface area contributed by atoms with Crippen molar-refractivity contribution in [3.63, 3.8) is 0 Å². The summed E-state index contributed by atoms with van der Waals surface area (Å²) in [6.07, 6.45) is 1.12. The highest BCUT2D eigenvalue weighted by molar-refractivity contribution is 7.86. The lowest BCUT2D eigenvalue weighted by molar-refractivity contribution is 0.408. The van der Waals surface area contributed by atoms with Crippen LogP contribution in [0, 0.1) is 0 Å². The van der Waals surface area contributed by atoms with Gasteiger partial charge < -0.3 is 5.73 Å². The Morgan fingerprint density at radius 1 is 1.33 bits per heavy atom. The van der Waals surface area contributed by atoms with Gasteiger partial charge in [0.15, 0.2) is 0 Å². The lowest BCUT2D eigenvalue weighted by atomic mass is 10.1. The summed E-state index contributed by atoms with van der Waals surface area (Å²) in [4.78, 5) is 0. The molecule has 0 aliphatic carbocycles. The van der Waals surface area contributed by atoms with Gasteiger partial charge in [-0.1, -0.05) is 34.9 Å². The van der Waals surface area contributed by atoms with Gasteiger partial charge in [-0.3, -0.25) is 0 Å². The number of nitrogens with two attached hydrogens (primary N) is 1. The number of rotatable bonds is 4. The summed E-state index contributed by atoms with van der Waals surface area (Å²) in [5.74, 6) is 0. The SMILES string of the molecule is C=CC(c1ccc(CN)cc1)S([O])(=O)=O. The first-order chi connectivity index (χ1) is 6.99. The Kier molecular flexibility index (Phi) is 3.62. The minimum absolute atomic E-state index is 0.378. The summed E-state index contributed by atoms with van der Waals surface area (Å²) in [6.45, 7) is 3.72. The average Bonchev–Trinajstić information content (AvgIpc) is 2.18. The maximum absolute atomic E-state index is 10.9. The fourth-order valence-electron chi connectivity index (χ4n) is 1.26. The molecule has 1 rings (SSSR count). The first-order valence-corrected chi connectivity index (χ1v) is 5.82. The molecule has 81 valence electrons. The van der Waals surface area contributed by atoms with Crippen molar-refractivity contribution in [2.45, 2.75) is 11.8 Å². The molecule has 1 atom stereocenters. The molecular weight excluding hydrogens is 214 g/mol. The van der Waals surface area contributed by atoms with Crippen LogP contribution in [0.4, 0.5) is 0 Å². The van der Waals surface area contributed by atoms with Gasteiger partial charge in [0.1, 0.15) is 5.25 Å². The van der Waals surface area contributed by atoms with Gasteiger partial charge >= 0.3 is 10.1 Å².